The average molecular weight is 393 g/mol. The van der Waals surface area contributed by atoms with Gasteiger partial charge in [0.05, 0.1) is 24.4 Å². The van der Waals surface area contributed by atoms with Crippen molar-refractivity contribution < 1.29 is 9.47 Å². The van der Waals surface area contributed by atoms with E-state index in [-0.39, 0.29) is 6.23 Å². The number of fused-ring (bicyclic) bond motifs is 1. The van der Waals surface area contributed by atoms with Gasteiger partial charge in [0.15, 0.2) is 6.23 Å². The molecule has 2 aromatic carbocycles. The predicted molar refractivity (Wildman–Crippen MR) is 116 cm³/mol. The van der Waals surface area contributed by atoms with Crippen molar-refractivity contribution >= 4 is 28.1 Å². The van der Waals surface area contributed by atoms with E-state index >= 15 is 0 Å². The monoisotopic (exact) mass is 393 g/mol. The summed E-state index contributed by atoms with van der Waals surface area (Å²) in [6.07, 6.45) is 2.38. The molecule has 7 heteroatoms. The zero-order chi connectivity index (χ0) is 20.2. The van der Waals surface area contributed by atoms with Crippen molar-refractivity contribution in [3.63, 3.8) is 0 Å². The van der Waals surface area contributed by atoms with Gasteiger partial charge in [0, 0.05) is 30.2 Å². The van der Waals surface area contributed by atoms with Gasteiger partial charge in [-0.05, 0) is 37.1 Å². The van der Waals surface area contributed by atoms with Gasteiger partial charge in [-0.15, -0.1) is 0 Å². The Balaban J connectivity index is 1.61. The highest BCUT2D eigenvalue weighted by molar-refractivity contribution is 5.94. The number of aryl methyl sites for hydroxylation is 1. The number of morpholine rings is 1. The second-order valence-electron chi connectivity index (χ2n) is 7.25. The van der Waals surface area contributed by atoms with Crippen LogP contribution in [0, 0.1) is 6.92 Å². The summed E-state index contributed by atoms with van der Waals surface area (Å²) >= 11 is 0. The molecule has 152 valence electrons. The van der Waals surface area contributed by atoms with Crippen molar-refractivity contribution in [1.82, 2.24) is 14.9 Å². The molecule has 0 amide bonds. The summed E-state index contributed by atoms with van der Waals surface area (Å²) in [5, 5.41) is 4.23. The summed E-state index contributed by atoms with van der Waals surface area (Å²) in [6, 6.07) is 11.9. The Bertz CT molecular complexity index is 988. The summed E-state index contributed by atoms with van der Waals surface area (Å²) < 4.78 is 11.7. The maximum Gasteiger partial charge on any atom is 0.152 e. The molecule has 1 aliphatic heterocycles. The summed E-state index contributed by atoms with van der Waals surface area (Å²) in [5.41, 5.74) is 9.87. The number of nitrogen functional groups attached to an aromatic ring is 1. The van der Waals surface area contributed by atoms with E-state index in [1.807, 2.05) is 24.3 Å². The van der Waals surface area contributed by atoms with Crippen molar-refractivity contribution in [2.24, 2.45) is 0 Å². The summed E-state index contributed by atoms with van der Waals surface area (Å²) in [5.74, 6) is 1.37. The maximum absolute atomic E-state index is 6.35. The first-order valence-electron chi connectivity index (χ1n) is 10.0. The zero-order valence-electron chi connectivity index (χ0n) is 16.9. The number of rotatable bonds is 6. The fraction of sp³-hybridized carbons (Fsp3) is 0.364. The molecule has 0 saturated carbocycles. The number of nitrogens with one attached hydrogen (secondary N) is 1. The highest BCUT2D eigenvalue weighted by atomic mass is 16.5. The third-order valence-corrected chi connectivity index (χ3v) is 5.11. The Hall–Kier alpha value is -2.90. The summed E-state index contributed by atoms with van der Waals surface area (Å²) in [6.45, 7) is 7.35. The standard InChI is InChI=1S/C22H27N5O2/c1-3-21(27-7-9-28-10-8-27)29-20-13-19-17(12-18(20)23)22(25-14-24-19)26-16-6-4-5-15(2)11-16/h4-6,11-14,21H,3,7-10,23H2,1-2H3,(H,24,25,26). The minimum absolute atomic E-state index is 0.0367. The average Bonchev–Trinajstić information content (AvgIpc) is 2.73. The number of nitrogens with zero attached hydrogens (tertiary/aromatic N) is 3. The topological polar surface area (TPSA) is 85.5 Å². The van der Waals surface area contributed by atoms with Gasteiger partial charge < -0.3 is 20.5 Å². The van der Waals surface area contributed by atoms with Crippen molar-refractivity contribution in [2.45, 2.75) is 26.5 Å². The molecule has 29 heavy (non-hydrogen) atoms. The van der Waals surface area contributed by atoms with E-state index in [4.69, 9.17) is 15.2 Å². The lowest BCUT2D eigenvalue weighted by Crippen LogP contribution is -2.46. The number of anilines is 3. The molecular formula is C22H27N5O2. The third-order valence-electron chi connectivity index (χ3n) is 5.11. The predicted octanol–water partition coefficient (Wildman–Crippen LogP) is 3.71. The first-order valence-corrected chi connectivity index (χ1v) is 10.0. The van der Waals surface area contributed by atoms with Crippen LogP contribution in [-0.4, -0.2) is 47.4 Å². The minimum atomic E-state index is -0.0367. The molecule has 1 saturated heterocycles. The molecule has 3 aromatic rings. The molecule has 4 rings (SSSR count). The molecule has 3 N–H and O–H groups in total. The quantitative estimate of drug-likeness (QED) is 0.618. The molecule has 1 unspecified atom stereocenters. The maximum atomic E-state index is 6.35. The first-order chi connectivity index (χ1) is 14.1. The lowest BCUT2D eigenvalue weighted by Gasteiger charge is -2.34. The lowest BCUT2D eigenvalue weighted by molar-refractivity contribution is -0.0465. The molecule has 2 heterocycles. The highest BCUT2D eigenvalue weighted by Gasteiger charge is 2.22. The first kappa shape index (κ1) is 19.4. The van der Waals surface area contributed by atoms with Gasteiger partial charge in [-0.1, -0.05) is 19.1 Å². The van der Waals surface area contributed by atoms with Crippen molar-refractivity contribution in [3.8, 4) is 5.75 Å². The molecule has 0 radical (unpaired) electrons. The smallest absolute Gasteiger partial charge is 0.152 e. The van der Waals surface area contributed by atoms with Gasteiger partial charge in [-0.25, -0.2) is 9.97 Å². The Morgan fingerprint density at radius 1 is 1.21 bits per heavy atom. The highest BCUT2D eigenvalue weighted by Crippen LogP contribution is 2.32. The van der Waals surface area contributed by atoms with Crippen LogP contribution in [-0.2, 0) is 4.74 Å². The molecule has 1 aliphatic rings. The van der Waals surface area contributed by atoms with Crippen LogP contribution in [0.2, 0.25) is 0 Å². The van der Waals surface area contributed by atoms with Crippen LogP contribution < -0.4 is 15.8 Å². The van der Waals surface area contributed by atoms with Gasteiger partial charge in [-0.3, -0.25) is 4.90 Å². The fourth-order valence-electron chi connectivity index (χ4n) is 3.59. The van der Waals surface area contributed by atoms with Gasteiger partial charge >= 0.3 is 0 Å². The van der Waals surface area contributed by atoms with E-state index in [9.17, 15) is 0 Å². The Labute approximate surface area is 170 Å². The molecule has 0 aliphatic carbocycles. The van der Waals surface area contributed by atoms with Gasteiger partial charge in [0.25, 0.3) is 0 Å². The number of hydrogen-bond donors (Lipinski definition) is 2. The fourth-order valence-corrected chi connectivity index (χ4v) is 3.59. The van der Waals surface area contributed by atoms with Gasteiger partial charge in [-0.2, -0.15) is 0 Å². The Kier molecular flexibility index (Phi) is 5.78. The number of hydrogen-bond acceptors (Lipinski definition) is 7. The van der Waals surface area contributed by atoms with Crippen molar-refractivity contribution in [3.05, 3.63) is 48.3 Å². The minimum Gasteiger partial charge on any atom is -0.473 e. The van der Waals surface area contributed by atoms with E-state index < -0.39 is 0 Å². The van der Waals surface area contributed by atoms with Crippen LogP contribution in [0.1, 0.15) is 18.9 Å². The molecule has 7 nitrogen and oxygen atoms in total. The van der Waals surface area contributed by atoms with Gasteiger partial charge in [0.2, 0.25) is 0 Å². The Morgan fingerprint density at radius 3 is 2.79 bits per heavy atom. The van der Waals surface area contributed by atoms with Gasteiger partial charge in [0.1, 0.15) is 17.9 Å². The lowest BCUT2D eigenvalue weighted by atomic mass is 10.1. The van der Waals surface area contributed by atoms with Crippen LogP contribution in [0.4, 0.5) is 17.2 Å². The second-order valence-corrected chi connectivity index (χ2v) is 7.25. The van der Waals surface area contributed by atoms with Crippen molar-refractivity contribution in [2.75, 3.05) is 37.4 Å². The second kappa shape index (κ2) is 8.63. The van der Waals surface area contributed by atoms with E-state index in [0.29, 0.717) is 11.4 Å². The number of ether oxygens (including phenoxy) is 2. The summed E-state index contributed by atoms with van der Waals surface area (Å²) in [7, 11) is 0. The van der Waals surface area contributed by atoms with Crippen LogP contribution >= 0.6 is 0 Å². The number of nitrogens with two attached hydrogens (primary N) is 1. The normalized spacial score (nSPS) is 15.9. The molecule has 1 atom stereocenters. The largest absolute Gasteiger partial charge is 0.473 e. The van der Waals surface area contributed by atoms with Crippen LogP contribution in [0.25, 0.3) is 10.9 Å². The third kappa shape index (κ3) is 4.41. The van der Waals surface area contributed by atoms with Crippen molar-refractivity contribution in [1.29, 1.82) is 0 Å². The molecular weight excluding hydrogens is 366 g/mol. The van der Waals surface area contributed by atoms with Crippen LogP contribution in [0.15, 0.2) is 42.7 Å². The SMILES string of the molecule is CCC(Oc1cc2ncnc(Nc3cccc(C)c3)c2cc1N)N1CCOCC1. The summed E-state index contributed by atoms with van der Waals surface area (Å²) in [4.78, 5) is 11.1. The van der Waals surface area contributed by atoms with E-state index in [2.05, 4.69) is 46.2 Å². The van der Waals surface area contributed by atoms with E-state index in [1.54, 1.807) is 6.33 Å². The molecule has 0 spiro atoms. The molecule has 1 aromatic heterocycles. The van der Waals surface area contributed by atoms with E-state index in [0.717, 1.165) is 55.1 Å². The van der Waals surface area contributed by atoms with E-state index in [1.165, 1.54) is 5.56 Å². The number of aromatic nitrogens is 2. The molecule has 1 fully saturated rings. The zero-order valence-corrected chi connectivity index (χ0v) is 16.9. The number of benzene rings is 2. The Morgan fingerprint density at radius 2 is 2.03 bits per heavy atom. The van der Waals surface area contributed by atoms with Crippen LogP contribution in [0.3, 0.4) is 0 Å². The van der Waals surface area contributed by atoms with Crippen LogP contribution in [0.5, 0.6) is 5.75 Å². The molecule has 0 bridgehead atoms.